The van der Waals surface area contributed by atoms with Crippen molar-refractivity contribution >= 4 is 11.8 Å². The van der Waals surface area contributed by atoms with Crippen molar-refractivity contribution in [1.29, 1.82) is 0 Å². The van der Waals surface area contributed by atoms with E-state index in [4.69, 9.17) is 4.74 Å². The van der Waals surface area contributed by atoms with Crippen molar-refractivity contribution < 1.29 is 14.3 Å². The molecule has 1 aliphatic heterocycles. The molecule has 1 aliphatic rings. The fourth-order valence-corrected chi connectivity index (χ4v) is 2.76. The topological polar surface area (TPSA) is 58.6 Å². The van der Waals surface area contributed by atoms with Gasteiger partial charge in [-0.1, -0.05) is 17.7 Å². The third-order valence-electron chi connectivity index (χ3n) is 4.24. The lowest BCUT2D eigenvalue weighted by Crippen LogP contribution is -2.43. The van der Waals surface area contributed by atoms with Crippen LogP contribution in [0, 0.1) is 12.3 Å². The number of likely N-dealkylation sites (tertiary alicyclic amines) is 1. The molecule has 0 spiro atoms. The van der Waals surface area contributed by atoms with Crippen LogP contribution in [0.4, 0.5) is 0 Å². The first kappa shape index (κ1) is 16.3. The fourth-order valence-electron chi connectivity index (χ4n) is 2.76. The number of aryl methyl sites for hydroxylation is 1. The van der Waals surface area contributed by atoms with Crippen LogP contribution in [0.15, 0.2) is 24.3 Å². The zero-order chi connectivity index (χ0) is 16.3. The molecule has 0 aliphatic carbocycles. The largest absolute Gasteiger partial charge is 0.481 e. The molecule has 5 heteroatoms. The molecule has 0 aromatic heterocycles. The van der Waals surface area contributed by atoms with Gasteiger partial charge in [-0.15, -0.1) is 0 Å². The summed E-state index contributed by atoms with van der Waals surface area (Å²) in [5.74, 6) is 0.586. The molecule has 120 valence electrons. The molecule has 0 radical (unpaired) electrons. The summed E-state index contributed by atoms with van der Waals surface area (Å²) in [6.45, 7) is 6.67. The molecule has 5 nitrogen and oxygen atoms in total. The number of hydrogen-bond acceptors (Lipinski definition) is 3. The van der Waals surface area contributed by atoms with Crippen LogP contribution < -0.4 is 10.1 Å². The summed E-state index contributed by atoms with van der Waals surface area (Å²) in [6.07, 6.45) is 0.116. The summed E-state index contributed by atoms with van der Waals surface area (Å²) in [4.78, 5) is 26.1. The van der Waals surface area contributed by atoms with Crippen LogP contribution in [-0.4, -0.2) is 43.0 Å². The summed E-state index contributed by atoms with van der Waals surface area (Å²) < 4.78 is 5.71. The highest BCUT2D eigenvalue weighted by atomic mass is 16.5. The van der Waals surface area contributed by atoms with E-state index in [0.717, 1.165) is 5.56 Å². The van der Waals surface area contributed by atoms with Crippen LogP contribution in [-0.2, 0) is 9.59 Å². The van der Waals surface area contributed by atoms with Gasteiger partial charge >= 0.3 is 0 Å². The second kappa shape index (κ2) is 6.38. The van der Waals surface area contributed by atoms with Crippen molar-refractivity contribution in [3.63, 3.8) is 0 Å². The standard InChI is InChI=1S/C17H24N2O3/c1-12-5-7-14(8-6-12)22-13(2)15(20)19-10-9-17(3,11-19)16(21)18-4/h5-8,13H,9-11H2,1-4H3,(H,18,21). The molecule has 2 rings (SSSR count). The van der Waals surface area contributed by atoms with Crippen LogP contribution >= 0.6 is 0 Å². The number of ether oxygens (including phenoxy) is 1. The Bertz CT molecular complexity index is 556. The van der Waals surface area contributed by atoms with Gasteiger partial charge in [0.25, 0.3) is 5.91 Å². The average molecular weight is 304 g/mol. The molecule has 1 saturated heterocycles. The van der Waals surface area contributed by atoms with Crippen molar-refractivity contribution in [2.24, 2.45) is 5.41 Å². The Morgan fingerprint density at radius 3 is 2.55 bits per heavy atom. The number of nitrogens with one attached hydrogen (secondary N) is 1. The molecule has 1 N–H and O–H groups in total. The number of hydrogen-bond donors (Lipinski definition) is 1. The number of amides is 2. The molecule has 1 aromatic carbocycles. The molecule has 1 fully saturated rings. The molecular weight excluding hydrogens is 280 g/mol. The molecular formula is C17H24N2O3. The lowest BCUT2D eigenvalue weighted by Gasteiger charge is -2.25. The first-order chi connectivity index (χ1) is 10.4. The molecule has 1 aromatic rings. The van der Waals surface area contributed by atoms with E-state index in [0.29, 0.717) is 25.3 Å². The van der Waals surface area contributed by atoms with E-state index in [1.807, 2.05) is 38.1 Å². The molecule has 22 heavy (non-hydrogen) atoms. The predicted octanol–water partition coefficient (Wildman–Crippen LogP) is 1.75. The van der Waals surface area contributed by atoms with Crippen LogP contribution in [0.1, 0.15) is 25.8 Å². The SMILES string of the molecule is CNC(=O)C1(C)CCN(C(=O)C(C)Oc2ccc(C)cc2)C1. The third-order valence-corrected chi connectivity index (χ3v) is 4.24. The van der Waals surface area contributed by atoms with Gasteiger partial charge in [-0.3, -0.25) is 9.59 Å². The second-order valence-electron chi connectivity index (χ2n) is 6.22. The number of rotatable bonds is 4. The van der Waals surface area contributed by atoms with E-state index in [1.54, 1.807) is 18.9 Å². The maximum atomic E-state index is 12.5. The summed E-state index contributed by atoms with van der Waals surface area (Å²) >= 11 is 0. The molecule has 1 heterocycles. The second-order valence-corrected chi connectivity index (χ2v) is 6.22. The summed E-state index contributed by atoms with van der Waals surface area (Å²) in [5, 5.41) is 2.67. The molecule has 0 bridgehead atoms. The van der Waals surface area contributed by atoms with E-state index in [2.05, 4.69) is 5.32 Å². The smallest absolute Gasteiger partial charge is 0.263 e. The van der Waals surface area contributed by atoms with Crippen LogP contribution in [0.2, 0.25) is 0 Å². The third kappa shape index (κ3) is 3.40. The van der Waals surface area contributed by atoms with Gasteiger partial charge < -0.3 is 15.0 Å². The highest BCUT2D eigenvalue weighted by molar-refractivity contribution is 5.86. The van der Waals surface area contributed by atoms with Crippen molar-refractivity contribution in [2.75, 3.05) is 20.1 Å². The average Bonchev–Trinajstić information content (AvgIpc) is 2.91. The molecule has 2 amide bonds. The van der Waals surface area contributed by atoms with Gasteiger partial charge in [0.2, 0.25) is 5.91 Å². The van der Waals surface area contributed by atoms with Gasteiger partial charge in [-0.2, -0.15) is 0 Å². The zero-order valence-electron chi connectivity index (χ0n) is 13.7. The van der Waals surface area contributed by atoms with E-state index in [9.17, 15) is 9.59 Å². The van der Waals surface area contributed by atoms with Crippen LogP contribution in [0.5, 0.6) is 5.75 Å². The van der Waals surface area contributed by atoms with Gasteiger partial charge in [-0.05, 0) is 39.3 Å². The summed E-state index contributed by atoms with van der Waals surface area (Å²) in [5.41, 5.74) is 0.640. The van der Waals surface area contributed by atoms with Crippen molar-refractivity contribution in [3.05, 3.63) is 29.8 Å². The highest BCUT2D eigenvalue weighted by Crippen LogP contribution is 2.30. The predicted molar refractivity (Wildman–Crippen MR) is 84.6 cm³/mol. The maximum Gasteiger partial charge on any atom is 0.263 e. The van der Waals surface area contributed by atoms with Crippen molar-refractivity contribution in [3.8, 4) is 5.75 Å². The Balaban J connectivity index is 1.97. The van der Waals surface area contributed by atoms with Gasteiger partial charge in [0.1, 0.15) is 5.75 Å². The number of nitrogens with zero attached hydrogens (tertiary/aromatic N) is 1. The maximum absolute atomic E-state index is 12.5. The fraction of sp³-hybridized carbons (Fsp3) is 0.529. The van der Waals surface area contributed by atoms with E-state index < -0.39 is 11.5 Å². The van der Waals surface area contributed by atoms with Gasteiger partial charge in [0.15, 0.2) is 6.10 Å². The molecule has 0 saturated carbocycles. The van der Waals surface area contributed by atoms with Crippen molar-refractivity contribution in [2.45, 2.75) is 33.3 Å². The lowest BCUT2D eigenvalue weighted by atomic mass is 9.89. The Labute approximate surface area is 131 Å². The highest BCUT2D eigenvalue weighted by Gasteiger charge is 2.42. The van der Waals surface area contributed by atoms with Crippen molar-refractivity contribution in [1.82, 2.24) is 10.2 Å². The monoisotopic (exact) mass is 304 g/mol. The minimum atomic E-state index is -0.560. The Morgan fingerprint density at radius 2 is 1.95 bits per heavy atom. The Kier molecular flexibility index (Phi) is 4.74. The Hall–Kier alpha value is -2.04. The van der Waals surface area contributed by atoms with Gasteiger partial charge in [0.05, 0.1) is 5.41 Å². The number of carbonyl (C=O) groups excluding carboxylic acids is 2. The normalized spacial score (nSPS) is 22.3. The van der Waals surface area contributed by atoms with Crippen LogP contribution in [0.25, 0.3) is 0 Å². The van der Waals surface area contributed by atoms with E-state index >= 15 is 0 Å². The summed E-state index contributed by atoms with van der Waals surface area (Å²) in [6, 6.07) is 7.62. The van der Waals surface area contributed by atoms with Crippen LogP contribution in [0.3, 0.4) is 0 Å². The molecule has 2 unspecified atom stereocenters. The Morgan fingerprint density at radius 1 is 1.32 bits per heavy atom. The number of benzene rings is 1. The van der Waals surface area contributed by atoms with E-state index in [-0.39, 0.29) is 11.8 Å². The number of carbonyl (C=O) groups is 2. The zero-order valence-corrected chi connectivity index (χ0v) is 13.7. The minimum absolute atomic E-state index is 0.0186. The lowest BCUT2D eigenvalue weighted by molar-refractivity contribution is -0.138. The first-order valence-corrected chi connectivity index (χ1v) is 7.60. The quantitative estimate of drug-likeness (QED) is 0.922. The molecule has 2 atom stereocenters. The van der Waals surface area contributed by atoms with Gasteiger partial charge in [0, 0.05) is 20.1 Å². The first-order valence-electron chi connectivity index (χ1n) is 7.60. The van der Waals surface area contributed by atoms with Gasteiger partial charge in [-0.25, -0.2) is 0 Å². The minimum Gasteiger partial charge on any atom is -0.481 e. The summed E-state index contributed by atoms with van der Waals surface area (Å²) in [7, 11) is 1.63. The van der Waals surface area contributed by atoms with E-state index in [1.165, 1.54) is 0 Å².